The van der Waals surface area contributed by atoms with Gasteiger partial charge in [-0.05, 0) is 50.1 Å². The summed E-state index contributed by atoms with van der Waals surface area (Å²) in [7, 11) is -3.86. The number of benzene rings is 1. The monoisotopic (exact) mass is 443 g/mol. The van der Waals surface area contributed by atoms with E-state index in [9.17, 15) is 8.42 Å². The van der Waals surface area contributed by atoms with Crippen molar-refractivity contribution in [2.45, 2.75) is 37.8 Å². The van der Waals surface area contributed by atoms with E-state index in [0.717, 1.165) is 40.1 Å². The lowest BCUT2D eigenvalue weighted by molar-refractivity contribution is 0.164. The van der Waals surface area contributed by atoms with E-state index in [0.29, 0.717) is 12.5 Å². The van der Waals surface area contributed by atoms with Crippen LogP contribution < -0.4 is 20.3 Å². The normalized spacial score (nSPS) is 13.7. The summed E-state index contributed by atoms with van der Waals surface area (Å²) in [6.07, 6.45) is 4.03. The van der Waals surface area contributed by atoms with Gasteiger partial charge in [-0.25, -0.2) is 18.5 Å². The Hall–Kier alpha value is -3.11. The third-order valence-corrected chi connectivity index (χ3v) is 6.12. The first-order chi connectivity index (χ1) is 14.6. The molecule has 31 heavy (non-hydrogen) atoms. The Labute approximate surface area is 181 Å². The summed E-state index contributed by atoms with van der Waals surface area (Å²) in [6.45, 7) is 6.60. The van der Waals surface area contributed by atoms with Crippen molar-refractivity contribution in [2.75, 3.05) is 18.9 Å². The summed E-state index contributed by atoms with van der Waals surface area (Å²) in [5.74, 6) is 1.28. The largest absolute Gasteiger partial charge is 0.493 e. The van der Waals surface area contributed by atoms with Crippen molar-refractivity contribution in [1.82, 2.24) is 14.8 Å². The van der Waals surface area contributed by atoms with Crippen molar-refractivity contribution in [2.24, 2.45) is 5.14 Å². The van der Waals surface area contributed by atoms with E-state index in [4.69, 9.17) is 20.3 Å². The quantitative estimate of drug-likeness (QED) is 0.558. The first-order valence-corrected chi connectivity index (χ1v) is 11.3. The van der Waals surface area contributed by atoms with Gasteiger partial charge in [0.05, 0.1) is 12.1 Å². The van der Waals surface area contributed by atoms with Crippen LogP contribution in [0.1, 0.15) is 25.0 Å². The number of fused-ring (bicyclic) bond motifs is 1. The fraction of sp³-hybridized carbons (Fsp3) is 0.333. The smallest absolute Gasteiger partial charge is 0.257 e. The number of rotatable bonds is 6. The summed E-state index contributed by atoms with van der Waals surface area (Å²) >= 11 is 0. The third kappa shape index (κ3) is 4.08. The number of aryl methyl sites for hydroxylation is 1. The van der Waals surface area contributed by atoms with Gasteiger partial charge in [-0.3, -0.25) is 4.68 Å². The number of sulfonamides is 1. The molecular formula is C21H25N5O4S. The van der Waals surface area contributed by atoms with Crippen molar-refractivity contribution >= 4 is 15.7 Å². The maximum Gasteiger partial charge on any atom is 0.257 e. The van der Waals surface area contributed by atoms with Gasteiger partial charge in [0.15, 0.2) is 5.03 Å². The Bertz CT molecular complexity index is 1250. The standard InChI is InChI=1S/C21H25N5O4S/c1-13-10-16-15(6-9-29-16)20(22)19(13)14-4-7-24-17(11-14)30-12-21(2,3)26-8-5-18(25-26)31(23,27)28/h4-5,7-8,10-11H,6,9,12,22H2,1-3H3,(H2,23,27,28). The number of nitrogens with zero attached hydrogens (tertiary/aromatic N) is 3. The molecule has 4 rings (SSSR count). The summed E-state index contributed by atoms with van der Waals surface area (Å²) in [4.78, 5) is 4.30. The van der Waals surface area contributed by atoms with Crippen molar-refractivity contribution < 1.29 is 17.9 Å². The molecule has 0 aliphatic carbocycles. The van der Waals surface area contributed by atoms with E-state index < -0.39 is 15.6 Å². The molecule has 4 N–H and O–H groups in total. The number of primary sulfonamides is 1. The molecule has 1 aromatic carbocycles. The highest BCUT2D eigenvalue weighted by Gasteiger charge is 2.25. The molecule has 3 aromatic rings. The zero-order valence-corrected chi connectivity index (χ0v) is 18.4. The maximum atomic E-state index is 11.5. The number of ether oxygens (including phenoxy) is 2. The molecule has 0 saturated carbocycles. The van der Waals surface area contributed by atoms with E-state index in [1.807, 2.05) is 39.0 Å². The lowest BCUT2D eigenvalue weighted by Crippen LogP contribution is -2.34. The molecule has 0 saturated heterocycles. The molecular weight excluding hydrogens is 418 g/mol. The zero-order valence-electron chi connectivity index (χ0n) is 17.6. The summed E-state index contributed by atoms with van der Waals surface area (Å²) in [5.41, 5.74) is 10.4. The van der Waals surface area contributed by atoms with Gasteiger partial charge < -0.3 is 15.2 Å². The number of hydrogen-bond acceptors (Lipinski definition) is 7. The van der Waals surface area contributed by atoms with Crippen molar-refractivity contribution in [3.05, 3.63) is 47.8 Å². The SMILES string of the molecule is Cc1cc2c(c(N)c1-c1ccnc(OCC(C)(C)n3ccc(S(N)(=O)=O)n3)c1)CCO2. The van der Waals surface area contributed by atoms with Crippen molar-refractivity contribution in [3.8, 4) is 22.8 Å². The molecule has 9 nitrogen and oxygen atoms in total. The predicted octanol–water partition coefficient (Wildman–Crippen LogP) is 2.23. The molecule has 1 aliphatic heterocycles. The summed E-state index contributed by atoms with van der Waals surface area (Å²) < 4.78 is 36.1. The zero-order chi connectivity index (χ0) is 22.4. The lowest BCUT2D eigenvalue weighted by Gasteiger charge is -2.25. The topological polar surface area (TPSA) is 135 Å². The Morgan fingerprint density at radius 2 is 2.06 bits per heavy atom. The second-order valence-electron chi connectivity index (χ2n) is 8.18. The molecule has 10 heteroatoms. The average molecular weight is 444 g/mol. The molecule has 0 spiro atoms. The highest BCUT2D eigenvalue weighted by molar-refractivity contribution is 7.89. The minimum Gasteiger partial charge on any atom is -0.493 e. The van der Waals surface area contributed by atoms with E-state index >= 15 is 0 Å². The van der Waals surface area contributed by atoms with Gasteiger partial charge in [-0.15, -0.1) is 0 Å². The van der Waals surface area contributed by atoms with Crippen LogP contribution in [0.25, 0.3) is 11.1 Å². The maximum absolute atomic E-state index is 11.5. The predicted molar refractivity (Wildman–Crippen MR) is 116 cm³/mol. The first-order valence-electron chi connectivity index (χ1n) is 9.79. The van der Waals surface area contributed by atoms with Crippen LogP contribution in [0.4, 0.5) is 5.69 Å². The second-order valence-corrected chi connectivity index (χ2v) is 9.69. The Balaban J connectivity index is 1.57. The van der Waals surface area contributed by atoms with Crippen LogP contribution in [0, 0.1) is 6.92 Å². The van der Waals surface area contributed by atoms with Gasteiger partial charge in [-0.1, -0.05) is 0 Å². The van der Waals surface area contributed by atoms with Crippen molar-refractivity contribution in [3.63, 3.8) is 0 Å². The minimum absolute atomic E-state index is 0.188. The van der Waals surface area contributed by atoms with E-state index in [2.05, 4.69) is 10.1 Å². The first kappa shape index (κ1) is 21.1. The second kappa shape index (κ2) is 7.54. The van der Waals surface area contributed by atoms with Gasteiger partial charge in [0, 0.05) is 41.7 Å². The Kier molecular flexibility index (Phi) is 5.14. The number of anilines is 1. The molecule has 3 heterocycles. The summed E-state index contributed by atoms with van der Waals surface area (Å²) in [5, 5.41) is 9.02. The molecule has 0 amide bonds. The number of nitrogen functional groups attached to an aromatic ring is 1. The fourth-order valence-electron chi connectivity index (χ4n) is 3.64. The van der Waals surface area contributed by atoms with Gasteiger partial charge in [-0.2, -0.15) is 5.10 Å². The Morgan fingerprint density at radius 1 is 1.29 bits per heavy atom. The molecule has 0 radical (unpaired) electrons. The van der Waals surface area contributed by atoms with E-state index in [-0.39, 0.29) is 11.6 Å². The van der Waals surface area contributed by atoms with Crippen LogP contribution in [0.5, 0.6) is 11.6 Å². The number of pyridine rings is 1. The number of nitrogens with two attached hydrogens (primary N) is 2. The van der Waals surface area contributed by atoms with E-state index in [1.165, 1.54) is 10.7 Å². The Morgan fingerprint density at radius 3 is 2.77 bits per heavy atom. The lowest BCUT2D eigenvalue weighted by atomic mass is 9.95. The highest BCUT2D eigenvalue weighted by Crippen LogP contribution is 2.40. The number of aromatic nitrogens is 3. The summed E-state index contributed by atoms with van der Waals surface area (Å²) in [6, 6.07) is 7.11. The average Bonchev–Trinajstić information content (AvgIpc) is 3.36. The van der Waals surface area contributed by atoms with E-state index in [1.54, 1.807) is 12.4 Å². The van der Waals surface area contributed by atoms with Crippen LogP contribution in [0.15, 0.2) is 41.7 Å². The molecule has 0 bridgehead atoms. The van der Waals surface area contributed by atoms with Gasteiger partial charge in [0.2, 0.25) is 5.88 Å². The molecule has 0 fully saturated rings. The van der Waals surface area contributed by atoms with Gasteiger partial charge in [0.25, 0.3) is 10.0 Å². The molecule has 0 atom stereocenters. The molecule has 2 aromatic heterocycles. The highest BCUT2D eigenvalue weighted by atomic mass is 32.2. The van der Waals surface area contributed by atoms with Crippen LogP contribution in [-0.4, -0.2) is 36.4 Å². The van der Waals surface area contributed by atoms with Crippen LogP contribution in [-0.2, 0) is 22.0 Å². The van der Waals surface area contributed by atoms with Gasteiger partial charge >= 0.3 is 0 Å². The van der Waals surface area contributed by atoms with Crippen LogP contribution in [0.2, 0.25) is 0 Å². The van der Waals surface area contributed by atoms with Crippen LogP contribution in [0.3, 0.4) is 0 Å². The molecule has 164 valence electrons. The fourth-order valence-corrected chi connectivity index (χ4v) is 4.09. The number of hydrogen-bond donors (Lipinski definition) is 2. The molecule has 0 unspecified atom stereocenters. The van der Waals surface area contributed by atoms with Crippen molar-refractivity contribution in [1.29, 1.82) is 0 Å². The van der Waals surface area contributed by atoms with Gasteiger partial charge in [0.1, 0.15) is 12.4 Å². The molecule has 1 aliphatic rings. The third-order valence-electron chi connectivity index (χ3n) is 5.32. The minimum atomic E-state index is -3.86. The van der Waals surface area contributed by atoms with Crippen LogP contribution >= 0.6 is 0 Å².